The Labute approximate surface area is 144 Å². The SMILES string of the molecule is O=C(C[NH+]1CCN(c2ccccc2F)CC1)NC1CCCCCC1. The predicted octanol–water partition coefficient (Wildman–Crippen LogP) is 1.37. The molecule has 132 valence electrons. The summed E-state index contributed by atoms with van der Waals surface area (Å²) in [6, 6.07) is 7.31. The number of halogens is 1. The largest absolute Gasteiger partial charge is 0.358 e. The Morgan fingerprint density at radius 2 is 1.79 bits per heavy atom. The van der Waals surface area contributed by atoms with Crippen molar-refractivity contribution in [3.05, 3.63) is 30.1 Å². The lowest BCUT2D eigenvalue weighted by Gasteiger charge is -2.33. The molecule has 4 nitrogen and oxygen atoms in total. The fourth-order valence-corrected chi connectivity index (χ4v) is 3.88. The number of amides is 1. The van der Waals surface area contributed by atoms with Gasteiger partial charge < -0.3 is 15.1 Å². The van der Waals surface area contributed by atoms with Crippen LogP contribution in [0.15, 0.2) is 24.3 Å². The quantitative estimate of drug-likeness (QED) is 0.816. The minimum Gasteiger partial charge on any atom is -0.358 e. The highest BCUT2D eigenvalue weighted by Gasteiger charge is 2.24. The average molecular weight is 334 g/mol. The van der Waals surface area contributed by atoms with E-state index in [0.717, 1.165) is 39.0 Å². The number of anilines is 1. The lowest BCUT2D eigenvalue weighted by molar-refractivity contribution is -0.892. The molecule has 2 N–H and O–H groups in total. The third kappa shape index (κ3) is 4.69. The summed E-state index contributed by atoms with van der Waals surface area (Å²) < 4.78 is 13.9. The lowest BCUT2D eigenvalue weighted by atomic mass is 10.1. The molecule has 0 spiro atoms. The van der Waals surface area contributed by atoms with Crippen molar-refractivity contribution < 1.29 is 14.1 Å². The van der Waals surface area contributed by atoms with Crippen molar-refractivity contribution >= 4 is 11.6 Å². The maximum absolute atomic E-state index is 13.9. The first-order valence-corrected chi connectivity index (χ1v) is 9.35. The molecule has 1 heterocycles. The molecule has 1 aromatic carbocycles. The number of hydrogen-bond acceptors (Lipinski definition) is 2. The summed E-state index contributed by atoms with van der Waals surface area (Å²) in [6.45, 7) is 3.90. The van der Waals surface area contributed by atoms with E-state index in [1.54, 1.807) is 6.07 Å². The average Bonchev–Trinajstić information content (AvgIpc) is 2.85. The van der Waals surface area contributed by atoms with Gasteiger partial charge >= 0.3 is 0 Å². The number of carbonyl (C=O) groups is 1. The number of nitrogens with zero attached hydrogens (tertiary/aromatic N) is 1. The molecule has 1 amide bonds. The van der Waals surface area contributed by atoms with Crippen molar-refractivity contribution in [2.75, 3.05) is 37.6 Å². The van der Waals surface area contributed by atoms with E-state index >= 15 is 0 Å². The van der Waals surface area contributed by atoms with Crippen LogP contribution in [-0.2, 0) is 4.79 Å². The standard InChI is InChI=1S/C19H28FN3O/c20-17-9-5-6-10-18(17)23-13-11-22(12-14-23)15-19(24)21-16-7-3-1-2-4-8-16/h5-6,9-10,16H,1-4,7-8,11-15H2,(H,21,24)/p+1. The first kappa shape index (κ1) is 17.2. The normalized spacial score (nSPS) is 20.6. The van der Waals surface area contributed by atoms with E-state index in [2.05, 4.69) is 10.2 Å². The molecule has 0 aromatic heterocycles. The van der Waals surface area contributed by atoms with Crippen LogP contribution in [-0.4, -0.2) is 44.7 Å². The maximum Gasteiger partial charge on any atom is 0.275 e. The van der Waals surface area contributed by atoms with Crippen LogP contribution in [0.3, 0.4) is 0 Å². The monoisotopic (exact) mass is 334 g/mol. The molecule has 1 aliphatic heterocycles. The molecule has 1 saturated carbocycles. The Morgan fingerprint density at radius 3 is 2.46 bits per heavy atom. The first-order chi connectivity index (χ1) is 11.7. The minimum absolute atomic E-state index is 0.160. The van der Waals surface area contributed by atoms with Crippen LogP contribution >= 0.6 is 0 Å². The summed E-state index contributed by atoms with van der Waals surface area (Å²) in [5.41, 5.74) is 0.680. The molecule has 3 rings (SSSR count). The van der Waals surface area contributed by atoms with E-state index in [0.29, 0.717) is 18.3 Å². The number of quaternary nitrogens is 1. The van der Waals surface area contributed by atoms with Crippen molar-refractivity contribution in [1.82, 2.24) is 5.32 Å². The van der Waals surface area contributed by atoms with Crippen molar-refractivity contribution in [1.29, 1.82) is 0 Å². The highest BCUT2D eigenvalue weighted by Crippen LogP contribution is 2.18. The first-order valence-electron chi connectivity index (χ1n) is 9.35. The summed E-state index contributed by atoms with van der Waals surface area (Å²) >= 11 is 0. The van der Waals surface area contributed by atoms with Crippen molar-refractivity contribution in [2.24, 2.45) is 0 Å². The molecule has 0 radical (unpaired) electrons. The van der Waals surface area contributed by atoms with Gasteiger partial charge in [-0.2, -0.15) is 0 Å². The molecule has 2 fully saturated rings. The van der Waals surface area contributed by atoms with Crippen LogP contribution in [0.1, 0.15) is 38.5 Å². The van der Waals surface area contributed by atoms with E-state index in [9.17, 15) is 9.18 Å². The van der Waals surface area contributed by atoms with Crippen molar-refractivity contribution in [2.45, 2.75) is 44.6 Å². The number of nitrogens with one attached hydrogen (secondary N) is 2. The number of hydrogen-bond donors (Lipinski definition) is 2. The number of benzene rings is 1. The molecule has 24 heavy (non-hydrogen) atoms. The molecular formula is C19H29FN3O+. The third-order valence-electron chi connectivity index (χ3n) is 5.29. The molecule has 2 aliphatic rings. The summed E-state index contributed by atoms with van der Waals surface area (Å²) in [5.74, 6) is 0.0169. The van der Waals surface area contributed by atoms with Gasteiger partial charge in [-0.05, 0) is 25.0 Å². The van der Waals surface area contributed by atoms with E-state index in [1.807, 2.05) is 12.1 Å². The summed E-state index contributed by atoms with van der Waals surface area (Å²) in [4.78, 5) is 15.7. The van der Waals surface area contributed by atoms with Crippen LogP contribution in [0, 0.1) is 5.82 Å². The molecule has 0 bridgehead atoms. The zero-order valence-corrected chi connectivity index (χ0v) is 14.4. The van der Waals surface area contributed by atoms with Gasteiger partial charge in [0.2, 0.25) is 0 Å². The zero-order chi connectivity index (χ0) is 16.8. The van der Waals surface area contributed by atoms with E-state index in [-0.39, 0.29) is 11.7 Å². The number of piperazine rings is 1. The van der Waals surface area contributed by atoms with Crippen LogP contribution in [0.4, 0.5) is 10.1 Å². The topological polar surface area (TPSA) is 36.8 Å². The molecule has 0 unspecified atom stereocenters. The van der Waals surface area contributed by atoms with Gasteiger partial charge in [0.25, 0.3) is 5.91 Å². The summed E-state index contributed by atoms with van der Waals surface area (Å²) in [7, 11) is 0. The molecular weight excluding hydrogens is 305 g/mol. The fraction of sp³-hybridized carbons (Fsp3) is 0.632. The second-order valence-electron chi connectivity index (χ2n) is 7.12. The van der Waals surface area contributed by atoms with Gasteiger partial charge in [-0.3, -0.25) is 4.79 Å². The Kier molecular flexibility index (Phi) is 6.07. The van der Waals surface area contributed by atoms with E-state index in [4.69, 9.17) is 0 Å². The Hall–Kier alpha value is -1.62. The number of carbonyl (C=O) groups excluding carboxylic acids is 1. The molecule has 5 heteroatoms. The third-order valence-corrected chi connectivity index (χ3v) is 5.29. The molecule has 1 aliphatic carbocycles. The smallest absolute Gasteiger partial charge is 0.275 e. The molecule has 1 saturated heterocycles. The van der Waals surface area contributed by atoms with Gasteiger partial charge in [0.05, 0.1) is 31.9 Å². The zero-order valence-electron chi connectivity index (χ0n) is 14.4. The summed E-state index contributed by atoms with van der Waals surface area (Å²) in [6.07, 6.45) is 7.33. The van der Waals surface area contributed by atoms with Gasteiger partial charge in [-0.25, -0.2) is 4.39 Å². The highest BCUT2D eigenvalue weighted by atomic mass is 19.1. The van der Waals surface area contributed by atoms with Gasteiger partial charge in [0.15, 0.2) is 6.54 Å². The van der Waals surface area contributed by atoms with E-state index < -0.39 is 0 Å². The number of para-hydroxylation sites is 1. The Bertz CT molecular complexity index is 535. The van der Waals surface area contributed by atoms with Gasteiger partial charge in [-0.1, -0.05) is 37.8 Å². The number of rotatable bonds is 4. The van der Waals surface area contributed by atoms with E-state index in [1.165, 1.54) is 36.6 Å². The molecule has 0 atom stereocenters. The lowest BCUT2D eigenvalue weighted by Crippen LogP contribution is -3.16. The van der Waals surface area contributed by atoms with Crippen LogP contribution < -0.4 is 15.1 Å². The van der Waals surface area contributed by atoms with Gasteiger partial charge in [-0.15, -0.1) is 0 Å². The summed E-state index contributed by atoms with van der Waals surface area (Å²) in [5, 5.41) is 3.22. The van der Waals surface area contributed by atoms with Crippen molar-refractivity contribution in [3.8, 4) is 0 Å². The molecule has 1 aromatic rings. The highest BCUT2D eigenvalue weighted by molar-refractivity contribution is 5.77. The minimum atomic E-state index is -0.160. The van der Waals surface area contributed by atoms with Crippen LogP contribution in [0.5, 0.6) is 0 Å². The second-order valence-corrected chi connectivity index (χ2v) is 7.12. The van der Waals surface area contributed by atoms with Crippen molar-refractivity contribution in [3.63, 3.8) is 0 Å². The van der Waals surface area contributed by atoms with Gasteiger partial charge in [0.1, 0.15) is 5.82 Å². The van der Waals surface area contributed by atoms with Crippen LogP contribution in [0.2, 0.25) is 0 Å². The Balaban J connectivity index is 1.43. The van der Waals surface area contributed by atoms with Crippen LogP contribution in [0.25, 0.3) is 0 Å². The predicted molar refractivity (Wildman–Crippen MR) is 93.8 cm³/mol. The maximum atomic E-state index is 13.9. The Morgan fingerprint density at radius 1 is 1.12 bits per heavy atom. The van der Waals surface area contributed by atoms with Gasteiger partial charge in [0, 0.05) is 6.04 Å². The fourth-order valence-electron chi connectivity index (χ4n) is 3.88. The second kappa shape index (κ2) is 8.47.